The molecule has 0 heterocycles. The minimum Gasteiger partial charge on any atom is -0.389 e. The van der Waals surface area contributed by atoms with E-state index in [0.29, 0.717) is 4.99 Å². The van der Waals surface area contributed by atoms with Crippen LogP contribution in [0.15, 0.2) is 46.9 Å². The van der Waals surface area contributed by atoms with E-state index in [0.717, 1.165) is 27.0 Å². The topological polar surface area (TPSA) is 38.0 Å². The largest absolute Gasteiger partial charge is 0.389 e. The zero-order chi connectivity index (χ0) is 13.1. The predicted molar refractivity (Wildman–Crippen MR) is 84.5 cm³/mol. The van der Waals surface area contributed by atoms with Crippen molar-refractivity contribution in [1.82, 2.24) is 0 Å². The van der Waals surface area contributed by atoms with Gasteiger partial charge in [-0.1, -0.05) is 36.0 Å². The first-order chi connectivity index (χ1) is 8.58. The van der Waals surface area contributed by atoms with E-state index < -0.39 is 0 Å². The molecule has 0 saturated carbocycles. The van der Waals surface area contributed by atoms with Crippen molar-refractivity contribution in [3.8, 4) is 0 Å². The van der Waals surface area contributed by atoms with Crippen molar-refractivity contribution < 1.29 is 0 Å². The van der Waals surface area contributed by atoms with E-state index >= 15 is 0 Å². The third kappa shape index (κ3) is 2.89. The van der Waals surface area contributed by atoms with E-state index in [1.165, 1.54) is 0 Å². The van der Waals surface area contributed by atoms with Crippen LogP contribution in [0.5, 0.6) is 0 Å². The van der Waals surface area contributed by atoms with Crippen molar-refractivity contribution in [2.75, 3.05) is 5.32 Å². The van der Waals surface area contributed by atoms with Gasteiger partial charge in [0, 0.05) is 15.7 Å². The molecule has 2 nitrogen and oxygen atoms in total. The lowest BCUT2D eigenvalue weighted by molar-refractivity contribution is 1.43. The van der Waals surface area contributed by atoms with Gasteiger partial charge < -0.3 is 11.1 Å². The number of rotatable bonds is 3. The summed E-state index contributed by atoms with van der Waals surface area (Å²) >= 11 is 8.59. The van der Waals surface area contributed by atoms with E-state index in [4.69, 9.17) is 18.0 Å². The molecule has 0 spiro atoms. The Balaban J connectivity index is 2.41. The van der Waals surface area contributed by atoms with Crippen molar-refractivity contribution in [1.29, 1.82) is 0 Å². The first-order valence-corrected chi connectivity index (χ1v) is 6.70. The van der Waals surface area contributed by atoms with E-state index in [9.17, 15) is 0 Å². The highest BCUT2D eigenvalue weighted by Gasteiger charge is 2.07. The summed E-state index contributed by atoms with van der Waals surface area (Å²) in [5.74, 6) is 0. The van der Waals surface area contributed by atoms with Gasteiger partial charge >= 0.3 is 0 Å². The number of hydrogen-bond acceptors (Lipinski definition) is 2. The highest BCUT2D eigenvalue weighted by atomic mass is 79.9. The van der Waals surface area contributed by atoms with E-state index in [1.807, 2.05) is 49.4 Å². The first-order valence-electron chi connectivity index (χ1n) is 5.50. The normalized spacial score (nSPS) is 10.1. The van der Waals surface area contributed by atoms with Gasteiger partial charge in [0.05, 0.1) is 5.69 Å². The molecule has 0 radical (unpaired) electrons. The summed E-state index contributed by atoms with van der Waals surface area (Å²) in [5.41, 5.74) is 9.65. The van der Waals surface area contributed by atoms with Crippen LogP contribution in [-0.4, -0.2) is 4.99 Å². The molecule has 0 aliphatic heterocycles. The second kappa shape index (κ2) is 5.50. The second-order valence-corrected chi connectivity index (χ2v) is 5.31. The Morgan fingerprint density at radius 1 is 1.17 bits per heavy atom. The van der Waals surface area contributed by atoms with Crippen molar-refractivity contribution in [2.24, 2.45) is 5.73 Å². The Bertz CT molecular complexity index is 596. The Kier molecular flexibility index (Phi) is 3.99. The summed E-state index contributed by atoms with van der Waals surface area (Å²) in [6.07, 6.45) is 0. The molecular weight excluding hydrogens is 308 g/mol. The number of anilines is 2. The number of nitrogens with two attached hydrogens (primary N) is 1. The maximum Gasteiger partial charge on any atom is 0.106 e. The summed E-state index contributed by atoms with van der Waals surface area (Å²) in [7, 11) is 0. The third-order valence-electron chi connectivity index (χ3n) is 2.58. The number of benzene rings is 2. The summed E-state index contributed by atoms with van der Waals surface area (Å²) in [5, 5.41) is 3.33. The number of aryl methyl sites for hydroxylation is 1. The quantitative estimate of drug-likeness (QED) is 0.835. The molecular formula is C14H13BrN2S. The number of nitrogens with one attached hydrogen (secondary N) is 1. The van der Waals surface area contributed by atoms with Gasteiger partial charge in [-0.3, -0.25) is 0 Å². The van der Waals surface area contributed by atoms with Gasteiger partial charge in [-0.15, -0.1) is 0 Å². The van der Waals surface area contributed by atoms with Gasteiger partial charge in [0.25, 0.3) is 0 Å². The molecule has 18 heavy (non-hydrogen) atoms. The predicted octanol–water partition coefficient (Wildman–Crippen LogP) is 4.14. The molecule has 0 amide bonds. The molecule has 2 aromatic rings. The monoisotopic (exact) mass is 320 g/mol. The van der Waals surface area contributed by atoms with Gasteiger partial charge in [0.15, 0.2) is 0 Å². The fourth-order valence-electron chi connectivity index (χ4n) is 1.68. The molecule has 3 N–H and O–H groups in total. The number of halogens is 1. The summed E-state index contributed by atoms with van der Waals surface area (Å²) in [4.78, 5) is 0.397. The van der Waals surface area contributed by atoms with Gasteiger partial charge in [-0.2, -0.15) is 0 Å². The molecule has 92 valence electrons. The third-order valence-corrected chi connectivity index (χ3v) is 3.50. The average Bonchev–Trinajstić information content (AvgIpc) is 2.34. The van der Waals surface area contributed by atoms with Crippen LogP contribution in [0.2, 0.25) is 0 Å². The Morgan fingerprint density at radius 3 is 2.56 bits per heavy atom. The second-order valence-electron chi connectivity index (χ2n) is 4.02. The molecule has 0 unspecified atom stereocenters. The Morgan fingerprint density at radius 2 is 1.89 bits per heavy atom. The minimum atomic E-state index is 0.397. The molecule has 0 aliphatic carbocycles. The van der Waals surface area contributed by atoms with Crippen LogP contribution in [0.3, 0.4) is 0 Å². The zero-order valence-corrected chi connectivity index (χ0v) is 12.3. The lowest BCUT2D eigenvalue weighted by Gasteiger charge is -2.13. The van der Waals surface area contributed by atoms with Crippen molar-refractivity contribution in [2.45, 2.75) is 6.92 Å². The Labute approximate surface area is 120 Å². The fraction of sp³-hybridized carbons (Fsp3) is 0.0714. The van der Waals surface area contributed by atoms with Gasteiger partial charge in [-0.25, -0.2) is 0 Å². The average molecular weight is 321 g/mol. The molecule has 0 bridgehead atoms. The number of para-hydroxylation sites is 1. The molecule has 4 heteroatoms. The van der Waals surface area contributed by atoms with E-state index in [1.54, 1.807) is 0 Å². The van der Waals surface area contributed by atoms with Crippen molar-refractivity contribution in [3.05, 3.63) is 58.1 Å². The number of thiocarbonyl (C=S) groups is 1. The fourth-order valence-corrected chi connectivity index (χ4v) is 2.23. The molecule has 0 atom stereocenters. The molecule has 2 rings (SSSR count). The smallest absolute Gasteiger partial charge is 0.106 e. The van der Waals surface area contributed by atoms with Crippen LogP contribution in [0.1, 0.15) is 11.1 Å². The molecule has 0 fully saturated rings. The summed E-state index contributed by atoms with van der Waals surface area (Å²) in [6, 6.07) is 13.9. The zero-order valence-electron chi connectivity index (χ0n) is 9.91. The minimum absolute atomic E-state index is 0.397. The van der Waals surface area contributed by atoms with Gasteiger partial charge in [0.2, 0.25) is 0 Å². The number of hydrogen-bond donors (Lipinski definition) is 2. The molecule has 2 aromatic carbocycles. The van der Waals surface area contributed by atoms with Crippen LogP contribution in [-0.2, 0) is 0 Å². The molecule has 0 saturated heterocycles. The SMILES string of the molecule is Cc1ccc(Nc2ccccc2Br)c(C(N)=S)c1. The van der Waals surface area contributed by atoms with E-state index in [2.05, 4.69) is 21.2 Å². The maximum atomic E-state index is 5.75. The molecule has 0 aliphatic rings. The highest BCUT2D eigenvalue weighted by Crippen LogP contribution is 2.27. The van der Waals surface area contributed by atoms with Crippen LogP contribution in [0.25, 0.3) is 0 Å². The maximum absolute atomic E-state index is 5.75. The lowest BCUT2D eigenvalue weighted by atomic mass is 10.1. The highest BCUT2D eigenvalue weighted by molar-refractivity contribution is 9.10. The van der Waals surface area contributed by atoms with Crippen LogP contribution in [0, 0.1) is 6.92 Å². The lowest BCUT2D eigenvalue weighted by Crippen LogP contribution is -2.12. The van der Waals surface area contributed by atoms with Crippen LogP contribution >= 0.6 is 28.1 Å². The van der Waals surface area contributed by atoms with Crippen LogP contribution in [0.4, 0.5) is 11.4 Å². The van der Waals surface area contributed by atoms with Crippen LogP contribution < -0.4 is 11.1 Å². The van der Waals surface area contributed by atoms with Gasteiger partial charge in [0.1, 0.15) is 4.99 Å². The molecule has 0 aromatic heterocycles. The van der Waals surface area contributed by atoms with Crippen molar-refractivity contribution >= 4 is 44.5 Å². The van der Waals surface area contributed by atoms with E-state index in [-0.39, 0.29) is 0 Å². The first kappa shape index (κ1) is 13.1. The Hall–Kier alpha value is -1.39. The standard InChI is InChI=1S/C14H13BrN2S/c1-9-6-7-12(10(8-9)14(16)18)17-13-5-3-2-4-11(13)15/h2-8,17H,1H3,(H2,16,18). The van der Waals surface area contributed by atoms with Crippen molar-refractivity contribution in [3.63, 3.8) is 0 Å². The summed E-state index contributed by atoms with van der Waals surface area (Å²) in [6.45, 7) is 2.02. The summed E-state index contributed by atoms with van der Waals surface area (Å²) < 4.78 is 1.000. The van der Waals surface area contributed by atoms with Gasteiger partial charge in [-0.05, 0) is 47.1 Å².